The van der Waals surface area contributed by atoms with Crippen LogP contribution in [-0.2, 0) is 0 Å². The smallest absolute Gasteiger partial charge is 0.0998 e. The lowest BCUT2D eigenvalue weighted by atomic mass is 10.1. The van der Waals surface area contributed by atoms with Crippen molar-refractivity contribution >= 4 is 23.3 Å². The SMILES string of the molecule is N#C/C(=C/c1ccc(Cl)cc1)c1ccncc1. The van der Waals surface area contributed by atoms with Gasteiger partial charge in [0.05, 0.1) is 11.6 Å². The van der Waals surface area contributed by atoms with Crippen LogP contribution in [0.3, 0.4) is 0 Å². The van der Waals surface area contributed by atoms with E-state index in [1.165, 1.54) is 0 Å². The molecule has 0 saturated carbocycles. The standard InChI is InChI=1S/C14H9ClN2/c15-14-3-1-11(2-4-14)9-13(10-16)12-5-7-17-8-6-12/h1-9H/b13-9-. The topological polar surface area (TPSA) is 36.7 Å². The molecule has 17 heavy (non-hydrogen) atoms. The first-order valence-electron chi connectivity index (χ1n) is 5.07. The number of aromatic nitrogens is 1. The second-order valence-corrected chi connectivity index (χ2v) is 3.89. The zero-order valence-corrected chi connectivity index (χ0v) is 9.72. The van der Waals surface area contributed by atoms with Crippen LogP contribution < -0.4 is 0 Å². The zero-order valence-electron chi connectivity index (χ0n) is 8.97. The lowest BCUT2D eigenvalue weighted by molar-refractivity contribution is 1.32. The molecule has 0 radical (unpaired) electrons. The second-order valence-electron chi connectivity index (χ2n) is 3.46. The summed E-state index contributed by atoms with van der Waals surface area (Å²) in [7, 11) is 0. The van der Waals surface area contributed by atoms with Gasteiger partial charge < -0.3 is 0 Å². The molecule has 0 aliphatic carbocycles. The number of halogens is 1. The van der Waals surface area contributed by atoms with Gasteiger partial charge in [-0.2, -0.15) is 5.26 Å². The maximum Gasteiger partial charge on any atom is 0.0998 e. The van der Waals surface area contributed by atoms with Gasteiger partial charge in [0.25, 0.3) is 0 Å². The third kappa shape index (κ3) is 2.93. The van der Waals surface area contributed by atoms with Crippen LogP contribution >= 0.6 is 11.6 Å². The fourth-order valence-corrected chi connectivity index (χ4v) is 1.56. The number of hydrogen-bond acceptors (Lipinski definition) is 2. The van der Waals surface area contributed by atoms with E-state index < -0.39 is 0 Å². The number of benzene rings is 1. The van der Waals surface area contributed by atoms with Crippen molar-refractivity contribution in [3.05, 3.63) is 64.9 Å². The number of pyridine rings is 1. The number of rotatable bonds is 2. The maximum absolute atomic E-state index is 9.13. The van der Waals surface area contributed by atoms with E-state index in [0.29, 0.717) is 10.6 Å². The highest BCUT2D eigenvalue weighted by Gasteiger charge is 1.99. The van der Waals surface area contributed by atoms with Crippen molar-refractivity contribution in [1.82, 2.24) is 4.98 Å². The summed E-state index contributed by atoms with van der Waals surface area (Å²) >= 11 is 5.81. The largest absolute Gasteiger partial charge is 0.265 e. The minimum atomic E-state index is 0.606. The van der Waals surface area contributed by atoms with Crippen LogP contribution in [0.25, 0.3) is 11.6 Å². The summed E-state index contributed by atoms with van der Waals surface area (Å²) in [4.78, 5) is 3.93. The third-order valence-electron chi connectivity index (χ3n) is 2.29. The summed E-state index contributed by atoms with van der Waals surface area (Å²) in [6.45, 7) is 0. The molecule has 0 fully saturated rings. The van der Waals surface area contributed by atoms with E-state index in [4.69, 9.17) is 16.9 Å². The Kier molecular flexibility index (Phi) is 3.54. The molecule has 1 heterocycles. The van der Waals surface area contributed by atoms with E-state index in [1.807, 2.05) is 30.3 Å². The molecule has 1 aromatic carbocycles. The van der Waals surface area contributed by atoms with Crippen molar-refractivity contribution in [2.45, 2.75) is 0 Å². The molecule has 1 aromatic heterocycles. The predicted octanol–water partition coefficient (Wildman–Crippen LogP) is 3.80. The van der Waals surface area contributed by atoms with E-state index in [0.717, 1.165) is 11.1 Å². The average molecular weight is 241 g/mol. The number of nitriles is 1. The van der Waals surface area contributed by atoms with Crippen molar-refractivity contribution in [2.75, 3.05) is 0 Å². The summed E-state index contributed by atoms with van der Waals surface area (Å²) in [6, 6.07) is 13.2. The molecule has 0 aliphatic heterocycles. The van der Waals surface area contributed by atoms with Crippen molar-refractivity contribution in [3.63, 3.8) is 0 Å². The molecule has 0 spiro atoms. The lowest BCUT2D eigenvalue weighted by Crippen LogP contribution is -1.82. The van der Waals surface area contributed by atoms with Gasteiger partial charge in [0.1, 0.15) is 0 Å². The van der Waals surface area contributed by atoms with Gasteiger partial charge in [-0.05, 0) is 41.5 Å². The van der Waals surface area contributed by atoms with Gasteiger partial charge in [-0.1, -0.05) is 23.7 Å². The van der Waals surface area contributed by atoms with Crippen LogP contribution in [-0.4, -0.2) is 4.98 Å². The lowest BCUT2D eigenvalue weighted by Gasteiger charge is -1.99. The first-order valence-corrected chi connectivity index (χ1v) is 5.45. The normalized spacial score (nSPS) is 10.9. The van der Waals surface area contributed by atoms with Crippen molar-refractivity contribution in [2.24, 2.45) is 0 Å². The molecule has 2 aromatic rings. The number of nitrogens with zero attached hydrogens (tertiary/aromatic N) is 2. The Hall–Kier alpha value is -2.11. The molecular formula is C14H9ClN2. The molecule has 0 aliphatic rings. The molecule has 0 amide bonds. The number of allylic oxidation sites excluding steroid dienone is 1. The first kappa shape index (κ1) is 11.4. The first-order chi connectivity index (χ1) is 8.29. The summed E-state index contributed by atoms with van der Waals surface area (Å²) < 4.78 is 0. The molecule has 0 bridgehead atoms. The molecule has 2 rings (SSSR count). The van der Waals surface area contributed by atoms with Crippen LogP contribution in [0.1, 0.15) is 11.1 Å². The van der Waals surface area contributed by atoms with Crippen molar-refractivity contribution in [1.29, 1.82) is 5.26 Å². The van der Waals surface area contributed by atoms with Gasteiger partial charge in [-0.15, -0.1) is 0 Å². The van der Waals surface area contributed by atoms with Gasteiger partial charge in [0.2, 0.25) is 0 Å². The van der Waals surface area contributed by atoms with E-state index in [-0.39, 0.29) is 0 Å². The van der Waals surface area contributed by atoms with Crippen molar-refractivity contribution in [3.8, 4) is 6.07 Å². The highest BCUT2D eigenvalue weighted by molar-refractivity contribution is 6.30. The van der Waals surface area contributed by atoms with Crippen LogP contribution in [0.5, 0.6) is 0 Å². The van der Waals surface area contributed by atoms with E-state index in [9.17, 15) is 0 Å². The highest BCUT2D eigenvalue weighted by Crippen LogP contribution is 2.18. The minimum absolute atomic E-state index is 0.606. The van der Waals surface area contributed by atoms with Gasteiger partial charge in [0, 0.05) is 17.4 Å². The average Bonchev–Trinajstić information content (AvgIpc) is 2.39. The van der Waals surface area contributed by atoms with Crippen LogP contribution in [0, 0.1) is 11.3 Å². The quantitative estimate of drug-likeness (QED) is 0.749. The fraction of sp³-hybridized carbons (Fsp3) is 0. The third-order valence-corrected chi connectivity index (χ3v) is 2.54. The van der Waals surface area contributed by atoms with Gasteiger partial charge in [-0.25, -0.2) is 0 Å². The van der Waals surface area contributed by atoms with Gasteiger partial charge in [-0.3, -0.25) is 4.98 Å². The molecule has 0 unspecified atom stereocenters. The fourth-order valence-electron chi connectivity index (χ4n) is 1.44. The zero-order chi connectivity index (χ0) is 12.1. The highest BCUT2D eigenvalue weighted by atomic mass is 35.5. The molecule has 0 N–H and O–H groups in total. The monoisotopic (exact) mass is 240 g/mol. The molecule has 0 saturated heterocycles. The van der Waals surface area contributed by atoms with Crippen molar-refractivity contribution < 1.29 is 0 Å². The predicted molar refractivity (Wildman–Crippen MR) is 69.2 cm³/mol. The molecule has 3 heteroatoms. The Morgan fingerprint density at radius 3 is 2.35 bits per heavy atom. The minimum Gasteiger partial charge on any atom is -0.265 e. The Morgan fingerprint density at radius 1 is 1.12 bits per heavy atom. The summed E-state index contributed by atoms with van der Waals surface area (Å²) in [5, 5.41) is 9.82. The van der Waals surface area contributed by atoms with Gasteiger partial charge >= 0.3 is 0 Å². The Bertz CT molecular complexity index is 565. The molecule has 82 valence electrons. The summed E-state index contributed by atoms with van der Waals surface area (Å²) in [5.74, 6) is 0. The Labute approximate surface area is 105 Å². The van der Waals surface area contributed by atoms with E-state index in [1.54, 1.807) is 24.5 Å². The summed E-state index contributed by atoms with van der Waals surface area (Å²) in [6.07, 6.45) is 5.16. The van der Waals surface area contributed by atoms with Gasteiger partial charge in [0.15, 0.2) is 0 Å². The molecular weight excluding hydrogens is 232 g/mol. The Morgan fingerprint density at radius 2 is 1.76 bits per heavy atom. The van der Waals surface area contributed by atoms with Crippen LogP contribution in [0.15, 0.2) is 48.8 Å². The van der Waals surface area contributed by atoms with E-state index in [2.05, 4.69) is 11.1 Å². The van der Waals surface area contributed by atoms with Crippen LogP contribution in [0.2, 0.25) is 5.02 Å². The number of hydrogen-bond donors (Lipinski definition) is 0. The molecule has 2 nitrogen and oxygen atoms in total. The van der Waals surface area contributed by atoms with Crippen LogP contribution in [0.4, 0.5) is 0 Å². The molecule has 0 atom stereocenters. The Balaban J connectivity index is 2.37. The maximum atomic E-state index is 9.13. The second kappa shape index (κ2) is 5.29. The summed E-state index contributed by atoms with van der Waals surface area (Å²) in [5.41, 5.74) is 2.41. The van der Waals surface area contributed by atoms with E-state index >= 15 is 0 Å².